The standard InChI is InChI=1S/C61H39N3/c1-3-22-43(23-4-1)60(53-33-13-14-34-54(53)61(44-24-5-2-6-25-44)52-32-12-11-28-48(52)49-29-17-35-55(60)56(49)61)45-38-36-42(37-39-45)57-62-58(50-30-15-20-40-18-7-9-26-46(40)50)64-59(63-57)51-31-16-21-41-19-8-10-27-47(41)51/h1-39H. The molecular weight excluding hydrogens is 775 g/mol. The van der Waals surface area contributed by atoms with Crippen LogP contribution in [0.4, 0.5) is 0 Å². The second-order valence-corrected chi connectivity index (χ2v) is 17.0. The van der Waals surface area contributed by atoms with Crippen LogP contribution in [0.2, 0.25) is 0 Å². The minimum Gasteiger partial charge on any atom is -0.208 e. The predicted octanol–water partition coefficient (Wildman–Crippen LogP) is 14.2. The number of nitrogens with zero attached hydrogens (tertiary/aromatic N) is 3. The van der Waals surface area contributed by atoms with Gasteiger partial charge in [0.25, 0.3) is 0 Å². The van der Waals surface area contributed by atoms with Crippen LogP contribution in [-0.2, 0) is 10.8 Å². The molecule has 11 aromatic rings. The lowest BCUT2D eigenvalue weighted by atomic mass is 9.52. The molecule has 298 valence electrons. The van der Waals surface area contributed by atoms with Crippen molar-refractivity contribution >= 4 is 21.5 Å². The average molecular weight is 814 g/mol. The van der Waals surface area contributed by atoms with E-state index in [2.05, 4.69) is 237 Å². The molecule has 2 atom stereocenters. The van der Waals surface area contributed by atoms with E-state index in [0.717, 1.165) is 38.2 Å². The van der Waals surface area contributed by atoms with E-state index >= 15 is 0 Å². The zero-order valence-electron chi connectivity index (χ0n) is 34.9. The Labute approximate surface area is 372 Å². The van der Waals surface area contributed by atoms with E-state index in [0.29, 0.717) is 17.5 Å². The highest BCUT2D eigenvalue weighted by Gasteiger charge is 2.57. The summed E-state index contributed by atoms with van der Waals surface area (Å²) in [4.78, 5) is 15.8. The highest BCUT2D eigenvalue weighted by atomic mass is 15.0. The molecule has 3 nitrogen and oxygen atoms in total. The summed E-state index contributed by atoms with van der Waals surface area (Å²) < 4.78 is 0. The van der Waals surface area contributed by atoms with E-state index in [1.54, 1.807) is 0 Å². The van der Waals surface area contributed by atoms with Gasteiger partial charge < -0.3 is 0 Å². The van der Waals surface area contributed by atoms with Crippen molar-refractivity contribution in [1.82, 2.24) is 15.0 Å². The van der Waals surface area contributed by atoms with Crippen molar-refractivity contribution < 1.29 is 0 Å². The van der Waals surface area contributed by atoms with Crippen LogP contribution in [-0.4, -0.2) is 15.0 Å². The van der Waals surface area contributed by atoms with Crippen LogP contribution in [0.5, 0.6) is 0 Å². The molecule has 0 fully saturated rings. The van der Waals surface area contributed by atoms with Crippen molar-refractivity contribution in [1.29, 1.82) is 0 Å². The smallest absolute Gasteiger partial charge is 0.164 e. The first-order valence-corrected chi connectivity index (χ1v) is 22.0. The Morgan fingerprint density at radius 2 is 0.656 bits per heavy atom. The third-order valence-corrected chi connectivity index (χ3v) is 13.9. The summed E-state index contributed by atoms with van der Waals surface area (Å²) >= 11 is 0. The molecule has 0 N–H and O–H groups in total. The lowest BCUT2D eigenvalue weighted by Gasteiger charge is -2.49. The Kier molecular flexibility index (Phi) is 8.04. The lowest BCUT2D eigenvalue weighted by molar-refractivity contribution is 0.627. The van der Waals surface area contributed by atoms with Crippen molar-refractivity contribution in [2.45, 2.75) is 10.8 Å². The van der Waals surface area contributed by atoms with Gasteiger partial charge in [-0.15, -0.1) is 0 Å². The Morgan fingerprint density at radius 3 is 1.28 bits per heavy atom. The molecule has 0 bridgehead atoms. The zero-order chi connectivity index (χ0) is 42.2. The number of hydrogen-bond acceptors (Lipinski definition) is 3. The molecule has 2 aliphatic carbocycles. The Morgan fingerprint density at radius 1 is 0.250 bits per heavy atom. The van der Waals surface area contributed by atoms with Gasteiger partial charge in [0.2, 0.25) is 0 Å². The van der Waals surface area contributed by atoms with Crippen molar-refractivity contribution in [3.63, 3.8) is 0 Å². The fraction of sp³-hybridized carbons (Fsp3) is 0.0328. The van der Waals surface area contributed by atoms with E-state index in [-0.39, 0.29) is 0 Å². The first-order chi connectivity index (χ1) is 31.7. The van der Waals surface area contributed by atoms with Gasteiger partial charge in [-0.3, -0.25) is 0 Å². The first-order valence-electron chi connectivity index (χ1n) is 22.0. The van der Waals surface area contributed by atoms with Gasteiger partial charge in [-0.1, -0.05) is 237 Å². The van der Waals surface area contributed by atoms with Gasteiger partial charge in [-0.05, 0) is 77.2 Å². The normalized spacial score (nSPS) is 16.9. The van der Waals surface area contributed by atoms with E-state index in [1.807, 2.05) is 0 Å². The first kappa shape index (κ1) is 36.4. The molecule has 64 heavy (non-hydrogen) atoms. The molecule has 10 aromatic carbocycles. The molecule has 0 aliphatic heterocycles. The molecule has 1 heterocycles. The average Bonchev–Trinajstić information content (AvgIpc) is 3.69. The highest BCUT2D eigenvalue weighted by molar-refractivity contribution is 5.98. The van der Waals surface area contributed by atoms with Crippen molar-refractivity contribution in [2.24, 2.45) is 0 Å². The van der Waals surface area contributed by atoms with Gasteiger partial charge >= 0.3 is 0 Å². The molecule has 0 saturated heterocycles. The van der Waals surface area contributed by atoms with E-state index in [9.17, 15) is 0 Å². The SMILES string of the molecule is c1ccc(C2(c3ccc(-c4nc(-c5cccc6ccccc56)nc(-c5cccc6ccccc56)n4)cc3)c3ccccc3C3(c4ccccc4)c4ccccc4-c4cccc2c43)cc1. The predicted molar refractivity (Wildman–Crippen MR) is 260 cm³/mol. The van der Waals surface area contributed by atoms with Gasteiger partial charge in [0.05, 0.1) is 10.8 Å². The summed E-state index contributed by atoms with van der Waals surface area (Å²) in [5.41, 5.74) is 14.5. The van der Waals surface area contributed by atoms with Gasteiger partial charge in [-0.2, -0.15) is 0 Å². The Bertz CT molecular complexity index is 3510. The zero-order valence-corrected chi connectivity index (χ0v) is 34.9. The van der Waals surface area contributed by atoms with Crippen molar-refractivity contribution in [3.8, 4) is 45.3 Å². The van der Waals surface area contributed by atoms with Crippen LogP contribution in [0.15, 0.2) is 237 Å². The molecule has 13 rings (SSSR count). The number of rotatable bonds is 6. The molecule has 2 aliphatic rings. The van der Waals surface area contributed by atoms with Crippen LogP contribution >= 0.6 is 0 Å². The third kappa shape index (κ3) is 5.07. The summed E-state index contributed by atoms with van der Waals surface area (Å²) in [5.74, 6) is 1.92. The number of benzene rings is 10. The fourth-order valence-corrected chi connectivity index (χ4v) is 11.3. The van der Waals surface area contributed by atoms with Gasteiger partial charge in [0, 0.05) is 16.7 Å². The Hall–Kier alpha value is -8.27. The van der Waals surface area contributed by atoms with Crippen LogP contribution in [0.25, 0.3) is 66.8 Å². The van der Waals surface area contributed by atoms with E-state index < -0.39 is 10.8 Å². The maximum absolute atomic E-state index is 5.29. The van der Waals surface area contributed by atoms with E-state index in [4.69, 9.17) is 15.0 Å². The van der Waals surface area contributed by atoms with Crippen LogP contribution in [0, 0.1) is 0 Å². The van der Waals surface area contributed by atoms with Crippen LogP contribution in [0.3, 0.4) is 0 Å². The fourth-order valence-electron chi connectivity index (χ4n) is 11.3. The Balaban J connectivity index is 1.06. The molecule has 1 aromatic heterocycles. The maximum atomic E-state index is 5.29. The van der Waals surface area contributed by atoms with Gasteiger partial charge in [0.1, 0.15) is 0 Å². The summed E-state index contributed by atoms with van der Waals surface area (Å²) in [5, 5.41) is 4.49. The van der Waals surface area contributed by atoms with Gasteiger partial charge in [0.15, 0.2) is 17.5 Å². The molecule has 0 amide bonds. The van der Waals surface area contributed by atoms with Crippen molar-refractivity contribution in [2.75, 3.05) is 0 Å². The number of fused-ring (bicyclic) bond motifs is 7. The van der Waals surface area contributed by atoms with Crippen LogP contribution < -0.4 is 0 Å². The second-order valence-electron chi connectivity index (χ2n) is 17.0. The summed E-state index contributed by atoms with van der Waals surface area (Å²) in [6.45, 7) is 0. The molecule has 2 unspecified atom stereocenters. The largest absolute Gasteiger partial charge is 0.208 e. The summed E-state index contributed by atoms with van der Waals surface area (Å²) in [6.07, 6.45) is 0. The molecule has 3 heteroatoms. The molecular formula is C61H39N3. The monoisotopic (exact) mass is 813 g/mol. The molecule has 0 saturated carbocycles. The minimum absolute atomic E-state index is 0.501. The minimum atomic E-state index is -0.649. The summed E-state index contributed by atoms with van der Waals surface area (Å²) in [7, 11) is 0. The van der Waals surface area contributed by atoms with E-state index in [1.165, 1.54) is 55.6 Å². The topological polar surface area (TPSA) is 38.7 Å². The third-order valence-electron chi connectivity index (χ3n) is 13.9. The lowest BCUT2D eigenvalue weighted by Crippen LogP contribution is -2.44. The van der Waals surface area contributed by atoms with Crippen molar-refractivity contribution in [3.05, 3.63) is 281 Å². The molecule has 0 radical (unpaired) electrons. The van der Waals surface area contributed by atoms with Crippen LogP contribution in [0.1, 0.15) is 44.5 Å². The number of aromatic nitrogens is 3. The highest BCUT2D eigenvalue weighted by Crippen LogP contribution is 2.65. The van der Waals surface area contributed by atoms with Gasteiger partial charge in [-0.25, -0.2) is 15.0 Å². The second kappa shape index (κ2) is 14.1. The summed E-state index contributed by atoms with van der Waals surface area (Å²) in [6, 6.07) is 86.1. The molecule has 0 spiro atoms. The number of hydrogen-bond donors (Lipinski definition) is 0. The maximum Gasteiger partial charge on any atom is 0.164 e. The quantitative estimate of drug-likeness (QED) is 0.168.